The highest BCUT2D eigenvalue weighted by Crippen LogP contribution is 2.32. The maximum Gasteiger partial charge on any atom is 0.102 e. The van der Waals surface area contributed by atoms with E-state index in [9.17, 15) is 5.26 Å². The van der Waals surface area contributed by atoms with E-state index in [2.05, 4.69) is 46.7 Å². The van der Waals surface area contributed by atoms with Crippen molar-refractivity contribution in [3.05, 3.63) is 41.2 Å². The van der Waals surface area contributed by atoms with Gasteiger partial charge in [-0.25, -0.2) is 0 Å². The van der Waals surface area contributed by atoms with E-state index in [0.717, 1.165) is 33.8 Å². The van der Waals surface area contributed by atoms with Crippen molar-refractivity contribution in [3.63, 3.8) is 0 Å². The first-order valence-electron chi connectivity index (χ1n) is 6.31. The molecule has 0 amide bonds. The van der Waals surface area contributed by atoms with Gasteiger partial charge in [0.25, 0.3) is 0 Å². The Labute approximate surface area is 114 Å². The number of nitriles is 1. The lowest BCUT2D eigenvalue weighted by atomic mass is 10.0. The van der Waals surface area contributed by atoms with Gasteiger partial charge in [-0.2, -0.15) is 5.26 Å². The number of anilines is 1. The average Bonchev–Trinajstić information content (AvgIpc) is 2.62. The second kappa shape index (κ2) is 4.81. The van der Waals surface area contributed by atoms with Crippen LogP contribution in [-0.4, -0.2) is 18.7 Å². The zero-order valence-corrected chi connectivity index (χ0v) is 12.2. The third kappa shape index (κ3) is 2.10. The molecule has 0 aliphatic rings. The predicted molar refractivity (Wildman–Crippen MR) is 79.4 cm³/mol. The van der Waals surface area contributed by atoms with Gasteiger partial charge in [0, 0.05) is 43.8 Å². The number of rotatable bonds is 2. The van der Waals surface area contributed by atoms with Crippen LogP contribution in [0, 0.1) is 25.2 Å². The standard InChI is InChI=1S/C16H19N3/c1-11-15(10-17)16(12(2)19(11)5)13-6-8-14(9-7-13)18(3)4/h6-9H,1-5H3. The molecule has 19 heavy (non-hydrogen) atoms. The molecule has 0 saturated carbocycles. The van der Waals surface area contributed by atoms with E-state index in [1.165, 1.54) is 0 Å². The molecule has 0 fully saturated rings. The minimum absolute atomic E-state index is 0.776. The molecule has 98 valence electrons. The fourth-order valence-electron chi connectivity index (χ4n) is 2.37. The molecule has 0 unspecified atom stereocenters. The maximum atomic E-state index is 9.37. The second-order valence-electron chi connectivity index (χ2n) is 5.03. The van der Waals surface area contributed by atoms with Gasteiger partial charge < -0.3 is 9.47 Å². The van der Waals surface area contributed by atoms with Crippen molar-refractivity contribution in [2.24, 2.45) is 7.05 Å². The summed E-state index contributed by atoms with van der Waals surface area (Å²) in [6.07, 6.45) is 0. The van der Waals surface area contributed by atoms with Gasteiger partial charge in [0.1, 0.15) is 6.07 Å². The van der Waals surface area contributed by atoms with Crippen LogP contribution in [0.1, 0.15) is 17.0 Å². The minimum atomic E-state index is 0.776. The number of hydrogen-bond donors (Lipinski definition) is 0. The molecule has 0 saturated heterocycles. The van der Waals surface area contributed by atoms with Crippen molar-refractivity contribution in [1.29, 1.82) is 5.26 Å². The number of hydrogen-bond acceptors (Lipinski definition) is 2. The number of benzene rings is 1. The molecule has 1 aromatic carbocycles. The maximum absolute atomic E-state index is 9.37. The van der Waals surface area contributed by atoms with E-state index in [-0.39, 0.29) is 0 Å². The van der Waals surface area contributed by atoms with Gasteiger partial charge in [0.05, 0.1) is 5.56 Å². The summed E-state index contributed by atoms with van der Waals surface area (Å²) in [5.74, 6) is 0. The van der Waals surface area contributed by atoms with Crippen LogP contribution in [0.5, 0.6) is 0 Å². The molecule has 0 bridgehead atoms. The Kier molecular flexibility index (Phi) is 3.35. The molecule has 2 aromatic rings. The van der Waals surface area contributed by atoms with E-state index < -0.39 is 0 Å². The molecule has 0 N–H and O–H groups in total. The zero-order chi connectivity index (χ0) is 14.2. The Balaban J connectivity index is 2.60. The number of nitrogens with zero attached hydrogens (tertiary/aromatic N) is 3. The van der Waals surface area contributed by atoms with Crippen molar-refractivity contribution in [2.45, 2.75) is 13.8 Å². The van der Waals surface area contributed by atoms with Crippen molar-refractivity contribution in [2.75, 3.05) is 19.0 Å². The van der Waals surface area contributed by atoms with Crippen molar-refractivity contribution in [3.8, 4) is 17.2 Å². The van der Waals surface area contributed by atoms with Gasteiger partial charge in [-0.1, -0.05) is 12.1 Å². The van der Waals surface area contributed by atoms with Gasteiger partial charge in [-0.15, -0.1) is 0 Å². The molecule has 0 spiro atoms. The van der Waals surface area contributed by atoms with Crippen molar-refractivity contribution < 1.29 is 0 Å². The van der Waals surface area contributed by atoms with E-state index in [1.54, 1.807) is 0 Å². The summed E-state index contributed by atoms with van der Waals surface area (Å²) in [4.78, 5) is 2.07. The lowest BCUT2D eigenvalue weighted by molar-refractivity contribution is 0.843. The molecular weight excluding hydrogens is 234 g/mol. The largest absolute Gasteiger partial charge is 0.378 e. The summed E-state index contributed by atoms with van der Waals surface area (Å²) < 4.78 is 2.08. The monoisotopic (exact) mass is 253 g/mol. The summed E-state index contributed by atoms with van der Waals surface area (Å²) >= 11 is 0. The zero-order valence-electron chi connectivity index (χ0n) is 12.2. The SMILES string of the molecule is Cc1c(C#N)c(-c2ccc(N(C)C)cc2)c(C)n1C. The lowest BCUT2D eigenvalue weighted by Gasteiger charge is -2.13. The van der Waals surface area contributed by atoms with Gasteiger partial charge in [-0.3, -0.25) is 0 Å². The van der Waals surface area contributed by atoms with Gasteiger partial charge >= 0.3 is 0 Å². The van der Waals surface area contributed by atoms with E-state index in [1.807, 2.05) is 28.1 Å². The summed E-state index contributed by atoms with van der Waals surface area (Å²) in [6.45, 7) is 4.05. The van der Waals surface area contributed by atoms with Crippen LogP contribution in [0.4, 0.5) is 5.69 Å². The Bertz CT molecular complexity index is 640. The first kappa shape index (κ1) is 13.2. The fourth-order valence-corrected chi connectivity index (χ4v) is 2.37. The molecule has 1 heterocycles. The molecule has 0 atom stereocenters. The summed E-state index contributed by atoms with van der Waals surface area (Å²) in [5.41, 5.74) is 6.24. The van der Waals surface area contributed by atoms with Gasteiger partial charge in [0.2, 0.25) is 0 Å². The highest BCUT2D eigenvalue weighted by atomic mass is 15.1. The Morgan fingerprint density at radius 3 is 2.11 bits per heavy atom. The minimum Gasteiger partial charge on any atom is -0.378 e. The van der Waals surface area contributed by atoms with Crippen LogP contribution in [0.2, 0.25) is 0 Å². The molecule has 0 aliphatic carbocycles. The molecular formula is C16H19N3. The van der Waals surface area contributed by atoms with Crippen LogP contribution in [-0.2, 0) is 7.05 Å². The third-order valence-electron chi connectivity index (χ3n) is 3.76. The highest BCUT2D eigenvalue weighted by molar-refractivity contribution is 5.76. The van der Waals surface area contributed by atoms with E-state index in [4.69, 9.17) is 0 Å². The second-order valence-corrected chi connectivity index (χ2v) is 5.03. The summed E-state index contributed by atoms with van der Waals surface area (Å²) in [6, 6.07) is 10.7. The summed E-state index contributed by atoms with van der Waals surface area (Å²) in [5, 5.41) is 9.37. The summed E-state index contributed by atoms with van der Waals surface area (Å²) in [7, 11) is 6.05. The van der Waals surface area contributed by atoms with E-state index >= 15 is 0 Å². The molecule has 1 aromatic heterocycles. The van der Waals surface area contributed by atoms with Crippen LogP contribution in [0.25, 0.3) is 11.1 Å². The molecule has 0 aliphatic heterocycles. The predicted octanol–water partition coefficient (Wildman–Crippen LogP) is 3.25. The Morgan fingerprint density at radius 1 is 1.05 bits per heavy atom. The molecule has 2 rings (SSSR count). The van der Waals surface area contributed by atoms with Crippen LogP contribution in [0.3, 0.4) is 0 Å². The lowest BCUT2D eigenvalue weighted by Crippen LogP contribution is -2.07. The van der Waals surface area contributed by atoms with E-state index in [0.29, 0.717) is 0 Å². The highest BCUT2D eigenvalue weighted by Gasteiger charge is 2.16. The quantitative estimate of drug-likeness (QED) is 0.823. The first-order chi connectivity index (χ1) is 8.97. The smallest absolute Gasteiger partial charge is 0.102 e. The van der Waals surface area contributed by atoms with Crippen LogP contribution < -0.4 is 4.90 Å². The fraction of sp³-hybridized carbons (Fsp3) is 0.312. The van der Waals surface area contributed by atoms with Gasteiger partial charge in [-0.05, 0) is 31.5 Å². The third-order valence-corrected chi connectivity index (χ3v) is 3.76. The first-order valence-corrected chi connectivity index (χ1v) is 6.31. The molecule has 3 heteroatoms. The Morgan fingerprint density at radius 2 is 1.63 bits per heavy atom. The Hall–Kier alpha value is -2.21. The van der Waals surface area contributed by atoms with Crippen molar-refractivity contribution >= 4 is 5.69 Å². The average molecular weight is 253 g/mol. The van der Waals surface area contributed by atoms with Crippen LogP contribution in [0.15, 0.2) is 24.3 Å². The normalized spacial score (nSPS) is 10.3. The number of aromatic nitrogens is 1. The molecule has 3 nitrogen and oxygen atoms in total. The molecule has 0 radical (unpaired) electrons. The van der Waals surface area contributed by atoms with Crippen LogP contribution >= 0.6 is 0 Å². The van der Waals surface area contributed by atoms with Crippen molar-refractivity contribution in [1.82, 2.24) is 4.57 Å². The van der Waals surface area contributed by atoms with Gasteiger partial charge in [0.15, 0.2) is 0 Å². The topological polar surface area (TPSA) is 32.0 Å².